The summed E-state index contributed by atoms with van der Waals surface area (Å²) in [6, 6.07) is 3.89. The second-order valence-corrected chi connectivity index (χ2v) is 5.76. The Morgan fingerprint density at radius 1 is 1.47 bits per heavy atom. The summed E-state index contributed by atoms with van der Waals surface area (Å²) in [7, 11) is 0. The van der Waals surface area contributed by atoms with Gasteiger partial charge in [-0.2, -0.15) is 0 Å². The van der Waals surface area contributed by atoms with Crippen molar-refractivity contribution in [2.24, 2.45) is 0 Å². The molecule has 1 amide bonds. The van der Waals surface area contributed by atoms with Crippen LogP contribution < -0.4 is 5.32 Å². The predicted molar refractivity (Wildman–Crippen MR) is 74.8 cm³/mol. The molecule has 2 aromatic rings. The SMILES string of the molecule is Cc1nc(-c2cccs2)sc1C(=O)NCCC(=O)O. The molecule has 0 radical (unpaired) electrons. The van der Waals surface area contributed by atoms with Crippen LogP contribution in [0.4, 0.5) is 0 Å². The molecule has 2 rings (SSSR count). The number of carboxylic acids is 1. The lowest BCUT2D eigenvalue weighted by molar-refractivity contribution is -0.136. The van der Waals surface area contributed by atoms with Crippen molar-refractivity contribution in [1.82, 2.24) is 10.3 Å². The van der Waals surface area contributed by atoms with Crippen molar-refractivity contribution < 1.29 is 14.7 Å². The summed E-state index contributed by atoms with van der Waals surface area (Å²) in [6.07, 6.45) is -0.0820. The number of rotatable bonds is 5. The Labute approximate surface area is 117 Å². The van der Waals surface area contributed by atoms with Gasteiger partial charge in [0.15, 0.2) is 0 Å². The Kier molecular flexibility index (Phi) is 4.28. The Morgan fingerprint density at radius 3 is 2.89 bits per heavy atom. The molecule has 0 bridgehead atoms. The van der Waals surface area contributed by atoms with Crippen LogP contribution >= 0.6 is 22.7 Å². The average Bonchev–Trinajstić information content (AvgIpc) is 2.96. The van der Waals surface area contributed by atoms with Gasteiger partial charge in [-0.15, -0.1) is 22.7 Å². The number of aromatic nitrogens is 1. The Morgan fingerprint density at radius 2 is 2.26 bits per heavy atom. The number of aliphatic carboxylic acids is 1. The van der Waals surface area contributed by atoms with Crippen molar-refractivity contribution in [3.8, 4) is 9.88 Å². The minimum Gasteiger partial charge on any atom is -0.481 e. The van der Waals surface area contributed by atoms with E-state index in [1.807, 2.05) is 17.5 Å². The predicted octanol–water partition coefficient (Wildman–Crippen LogP) is 2.38. The zero-order chi connectivity index (χ0) is 13.8. The number of carboxylic acid groups (broad SMARTS) is 1. The van der Waals surface area contributed by atoms with Crippen molar-refractivity contribution >= 4 is 34.6 Å². The summed E-state index contributed by atoms with van der Waals surface area (Å²) in [4.78, 5) is 28.2. The van der Waals surface area contributed by atoms with Gasteiger partial charge in [-0.05, 0) is 18.4 Å². The van der Waals surface area contributed by atoms with E-state index in [0.29, 0.717) is 10.6 Å². The number of carbonyl (C=O) groups excluding carboxylic acids is 1. The molecule has 0 fully saturated rings. The van der Waals surface area contributed by atoms with Crippen molar-refractivity contribution in [3.05, 3.63) is 28.1 Å². The van der Waals surface area contributed by atoms with E-state index in [9.17, 15) is 9.59 Å². The van der Waals surface area contributed by atoms with Gasteiger partial charge in [0.25, 0.3) is 5.91 Å². The van der Waals surface area contributed by atoms with E-state index in [1.54, 1.807) is 18.3 Å². The largest absolute Gasteiger partial charge is 0.481 e. The number of carbonyl (C=O) groups is 2. The second kappa shape index (κ2) is 5.94. The number of amides is 1. The van der Waals surface area contributed by atoms with Gasteiger partial charge in [0, 0.05) is 6.54 Å². The molecular weight excluding hydrogens is 284 g/mol. The first kappa shape index (κ1) is 13.7. The lowest BCUT2D eigenvalue weighted by Gasteiger charge is -2.00. The van der Waals surface area contributed by atoms with Gasteiger partial charge in [0.05, 0.1) is 17.0 Å². The molecular formula is C12H12N2O3S2. The van der Waals surface area contributed by atoms with Crippen LogP contribution in [0.25, 0.3) is 9.88 Å². The fourth-order valence-corrected chi connectivity index (χ4v) is 3.26. The summed E-state index contributed by atoms with van der Waals surface area (Å²) < 4.78 is 0. The molecule has 2 aromatic heterocycles. The van der Waals surface area contributed by atoms with E-state index in [-0.39, 0.29) is 18.9 Å². The Hall–Kier alpha value is -1.73. The highest BCUT2D eigenvalue weighted by atomic mass is 32.1. The van der Waals surface area contributed by atoms with Gasteiger partial charge in [0.2, 0.25) is 0 Å². The smallest absolute Gasteiger partial charge is 0.305 e. The first-order valence-electron chi connectivity index (χ1n) is 5.59. The lowest BCUT2D eigenvalue weighted by Crippen LogP contribution is -2.25. The van der Waals surface area contributed by atoms with Crippen molar-refractivity contribution in [2.75, 3.05) is 6.54 Å². The standard InChI is InChI=1S/C12H12N2O3S2/c1-7-10(11(17)13-5-4-9(15)16)19-12(14-7)8-3-2-6-18-8/h2-3,6H,4-5H2,1H3,(H,13,17)(H,15,16). The molecule has 0 aliphatic rings. The monoisotopic (exact) mass is 296 g/mol. The van der Waals surface area contributed by atoms with E-state index < -0.39 is 5.97 Å². The first-order chi connectivity index (χ1) is 9.08. The van der Waals surface area contributed by atoms with Crippen molar-refractivity contribution in [2.45, 2.75) is 13.3 Å². The number of hydrogen-bond acceptors (Lipinski definition) is 5. The number of nitrogens with one attached hydrogen (secondary N) is 1. The van der Waals surface area contributed by atoms with Crippen LogP contribution in [0.15, 0.2) is 17.5 Å². The number of aryl methyl sites for hydroxylation is 1. The molecule has 0 aliphatic heterocycles. The van der Waals surface area contributed by atoms with Gasteiger partial charge >= 0.3 is 5.97 Å². The zero-order valence-electron chi connectivity index (χ0n) is 10.2. The van der Waals surface area contributed by atoms with Gasteiger partial charge in [0.1, 0.15) is 9.88 Å². The van der Waals surface area contributed by atoms with Crippen LogP contribution in [-0.2, 0) is 4.79 Å². The minimum atomic E-state index is -0.930. The van der Waals surface area contributed by atoms with Gasteiger partial charge in [-0.25, -0.2) is 4.98 Å². The number of hydrogen-bond donors (Lipinski definition) is 2. The third-order valence-electron chi connectivity index (χ3n) is 2.36. The molecule has 100 valence electrons. The van der Waals surface area contributed by atoms with Gasteiger partial charge in [-0.3, -0.25) is 9.59 Å². The molecule has 0 saturated heterocycles. The van der Waals surface area contributed by atoms with Crippen molar-refractivity contribution in [1.29, 1.82) is 0 Å². The Bertz CT molecular complexity index is 590. The quantitative estimate of drug-likeness (QED) is 0.888. The maximum Gasteiger partial charge on any atom is 0.305 e. The minimum absolute atomic E-state index is 0.0820. The second-order valence-electron chi connectivity index (χ2n) is 3.81. The van der Waals surface area contributed by atoms with E-state index >= 15 is 0 Å². The third kappa shape index (κ3) is 3.39. The fraction of sp³-hybridized carbons (Fsp3) is 0.250. The zero-order valence-corrected chi connectivity index (χ0v) is 11.8. The molecule has 0 aliphatic carbocycles. The fourth-order valence-electron chi connectivity index (χ4n) is 1.48. The maximum absolute atomic E-state index is 11.9. The third-order valence-corrected chi connectivity index (χ3v) is 4.55. The number of thiophene rings is 1. The highest BCUT2D eigenvalue weighted by Gasteiger charge is 2.16. The van der Waals surface area contributed by atoms with Crippen LogP contribution in [0.3, 0.4) is 0 Å². The van der Waals surface area contributed by atoms with Crippen LogP contribution in [0, 0.1) is 6.92 Å². The van der Waals surface area contributed by atoms with E-state index in [4.69, 9.17) is 5.11 Å². The summed E-state index contributed by atoms with van der Waals surface area (Å²) in [5.41, 5.74) is 0.668. The molecule has 2 N–H and O–H groups in total. The maximum atomic E-state index is 11.9. The summed E-state index contributed by atoms with van der Waals surface area (Å²) >= 11 is 2.89. The van der Waals surface area contributed by atoms with E-state index in [1.165, 1.54) is 11.3 Å². The lowest BCUT2D eigenvalue weighted by atomic mass is 10.3. The normalized spacial score (nSPS) is 10.4. The summed E-state index contributed by atoms with van der Waals surface area (Å²) in [5, 5.41) is 13.9. The molecule has 0 atom stereocenters. The van der Waals surface area contributed by atoms with Gasteiger partial charge in [-0.1, -0.05) is 6.07 Å². The summed E-state index contributed by atoms with van der Waals surface area (Å²) in [5.74, 6) is -1.19. The van der Waals surface area contributed by atoms with Gasteiger partial charge < -0.3 is 10.4 Å². The van der Waals surface area contributed by atoms with Crippen molar-refractivity contribution in [3.63, 3.8) is 0 Å². The van der Waals surface area contributed by atoms with Crippen LogP contribution in [0.1, 0.15) is 21.8 Å². The highest BCUT2D eigenvalue weighted by Crippen LogP contribution is 2.30. The molecule has 19 heavy (non-hydrogen) atoms. The molecule has 5 nitrogen and oxygen atoms in total. The average molecular weight is 296 g/mol. The highest BCUT2D eigenvalue weighted by molar-refractivity contribution is 7.22. The molecule has 0 saturated carbocycles. The molecule has 0 spiro atoms. The molecule has 2 heterocycles. The van der Waals surface area contributed by atoms with E-state index in [0.717, 1.165) is 9.88 Å². The number of thiazole rings is 1. The van der Waals surface area contributed by atoms with E-state index in [2.05, 4.69) is 10.3 Å². The molecule has 0 aromatic carbocycles. The Balaban J connectivity index is 2.08. The van der Waals surface area contributed by atoms with Crippen LogP contribution in [0.5, 0.6) is 0 Å². The first-order valence-corrected chi connectivity index (χ1v) is 7.29. The molecule has 7 heteroatoms. The summed E-state index contributed by atoms with van der Waals surface area (Å²) in [6.45, 7) is 1.90. The number of nitrogens with zero attached hydrogens (tertiary/aromatic N) is 1. The topological polar surface area (TPSA) is 79.3 Å². The van der Waals surface area contributed by atoms with Crippen LogP contribution in [0.2, 0.25) is 0 Å². The molecule has 0 unspecified atom stereocenters. The van der Waals surface area contributed by atoms with Crippen LogP contribution in [-0.4, -0.2) is 28.5 Å².